The van der Waals surface area contributed by atoms with Gasteiger partial charge in [0.05, 0.1) is 4.88 Å². The molecule has 1 unspecified atom stereocenters. The van der Waals surface area contributed by atoms with Crippen LogP contribution in [0.2, 0.25) is 0 Å². The maximum atomic E-state index is 12.2. The van der Waals surface area contributed by atoms with Gasteiger partial charge in [0.15, 0.2) is 0 Å². The fourth-order valence-corrected chi connectivity index (χ4v) is 3.56. The van der Waals surface area contributed by atoms with Crippen LogP contribution >= 0.6 is 11.3 Å². The molecule has 8 heteroatoms. The van der Waals surface area contributed by atoms with Crippen molar-refractivity contribution < 1.29 is 14.4 Å². The fraction of sp³-hybridized carbons (Fsp3) is 0.316. The first kappa shape index (κ1) is 18.9. The van der Waals surface area contributed by atoms with E-state index in [0.717, 1.165) is 13.0 Å². The highest BCUT2D eigenvalue weighted by molar-refractivity contribution is 7.12. The Labute approximate surface area is 161 Å². The molecule has 7 nitrogen and oxygen atoms in total. The van der Waals surface area contributed by atoms with Gasteiger partial charge in [-0.25, -0.2) is 4.79 Å². The van der Waals surface area contributed by atoms with Crippen molar-refractivity contribution in [3.05, 3.63) is 46.7 Å². The van der Waals surface area contributed by atoms with Crippen LogP contribution in [0.15, 0.2) is 41.8 Å². The number of thiophene rings is 1. The van der Waals surface area contributed by atoms with Crippen molar-refractivity contribution in [1.82, 2.24) is 10.2 Å². The SMILES string of the molecule is CC(CN1CCCC1=O)NC(=O)Nc1cccc(NC(=O)c2cccs2)c1. The van der Waals surface area contributed by atoms with Gasteiger partial charge in [0.25, 0.3) is 5.91 Å². The lowest BCUT2D eigenvalue weighted by molar-refractivity contribution is -0.127. The molecule has 2 heterocycles. The lowest BCUT2D eigenvalue weighted by Crippen LogP contribution is -2.44. The van der Waals surface area contributed by atoms with Gasteiger partial charge in [-0.05, 0) is 43.0 Å². The van der Waals surface area contributed by atoms with Crippen molar-refractivity contribution in [1.29, 1.82) is 0 Å². The van der Waals surface area contributed by atoms with Crippen LogP contribution < -0.4 is 16.0 Å². The Hall–Kier alpha value is -2.87. The molecule has 142 valence electrons. The molecule has 27 heavy (non-hydrogen) atoms. The first-order valence-electron chi connectivity index (χ1n) is 8.81. The minimum Gasteiger partial charge on any atom is -0.341 e. The second kappa shape index (κ2) is 8.68. The molecular formula is C19H22N4O3S. The molecule has 1 saturated heterocycles. The third-order valence-corrected chi connectivity index (χ3v) is 5.04. The van der Waals surface area contributed by atoms with Gasteiger partial charge < -0.3 is 20.9 Å². The molecule has 3 rings (SSSR count). The van der Waals surface area contributed by atoms with Gasteiger partial charge in [-0.3, -0.25) is 9.59 Å². The summed E-state index contributed by atoms with van der Waals surface area (Å²) in [5.74, 6) is -0.0475. The number of hydrogen-bond donors (Lipinski definition) is 3. The Kier molecular flexibility index (Phi) is 6.08. The van der Waals surface area contributed by atoms with Crippen molar-refractivity contribution in [2.75, 3.05) is 23.7 Å². The van der Waals surface area contributed by atoms with Gasteiger partial charge in [-0.1, -0.05) is 12.1 Å². The Morgan fingerprint density at radius 1 is 1.19 bits per heavy atom. The molecule has 1 aliphatic rings. The molecule has 1 fully saturated rings. The summed E-state index contributed by atoms with van der Waals surface area (Å²) < 4.78 is 0. The highest BCUT2D eigenvalue weighted by Crippen LogP contribution is 2.17. The molecule has 1 atom stereocenters. The monoisotopic (exact) mass is 386 g/mol. The first-order chi connectivity index (χ1) is 13.0. The minimum atomic E-state index is -0.351. The van der Waals surface area contributed by atoms with E-state index in [1.165, 1.54) is 11.3 Å². The van der Waals surface area contributed by atoms with Gasteiger partial charge in [0.1, 0.15) is 0 Å². The molecule has 0 bridgehead atoms. The molecule has 1 aromatic carbocycles. The number of rotatable bonds is 6. The van der Waals surface area contributed by atoms with E-state index in [0.29, 0.717) is 29.2 Å². The largest absolute Gasteiger partial charge is 0.341 e. The summed E-state index contributed by atoms with van der Waals surface area (Å²) in [7, 11) is 0. The van der Waals surface area contributed by atoms with E-state index in [1.807, 2.05) is 18.4 Å². The van der Waals surface area contributed by atoms with Crippen LogP contribution in [0.25, 0.3) is 0 Å². The standard InChI is InChI=1S/C19H22N4O3S/c1-13(12-23-9-3-8-17(23)24)20-19(26)22-15-6-2-5-14(11-15)21-18(25)16-7-4-10-27-16/h2,4-7,10-11,13H,3,8-9,12H2,1H3,(H,21,25)(H2,20,22,26). The topological polar surface area (TPSA) is 90.5 Å². The van der Waals surface area contributed by atoms with Gasteiger partial charge in [0, 0.05) is 36.9 Å². The Morgan fingerprint density at radius 3 is 2.63 bits per heavy atom. The number of urea groups is 1. The summed E-state index contributed by atoms with van der Waals surface area (Å²) in [6, 6.07) is 10.0. The number of carbonyl (C=O) groups excluding carboxylic acids is 3. The Morgan fingerprint density at radius 2 is 1.96 bits per heavy atom. The molecule has 4 amide bonds. The molecule has 1 aliphatic heterocycles. The second-order valence-electron chi connectivity index (χ2n) is 6.46. The van der Waals surface area contributed by atoms with Crippen LogP contribution in [-0.2, 0) is 4.79 Å². The molecule has 0 saturated carbocycles. The maximum Gasteiger partial charge on any atom is 0.319 e. The number of amides is 4. The summed E-state index contributed by atoms with van der Waals surface area (Å²) in [6.07, 6.45) is 1.46. The molecule has 1 aromatic heterocycles. The van der Waals surface area contributed by atoms with Crippen LogP contribution in [0.5, 0.6) is 0 Å². The Balaban J connectivity index is 1.51. The zero-order valence-corrected chi connectivity index (χ0v) is 15.8. The van der Waals surface area contributed by atoms with Crippen molar-refractivity contribution >= 4 is 40.6 Å². The average molecular weight is 386 g/mol. The van der Waals surface area contributed by atoms with E-state index in [-0.39, 0.29) is 23.9 Å². The molecule has 0 aliphatic carbocycles. The van der Waals surface area contributed by atoms with Crippen molar-refractivity contribution in [3.63, 3.8) is 0 Å². The van der Waals surface area contributed by atoms with Crippen molar-refractivity contribution in [3.8, 4) is 0 Å². The lowest BCUT2D eigenvalue weighted by atomic mass is 10.2. The zero-order valence-electron chi connectivity index (χ0n) is 15.0. The van der Waals surface area contributed by atoms with E-state index in [4.69, 9.17) is 0 Å². The fourth-order valence-electron chi connectivity index (χ4n) is 2.94. The lowest BCUT2D eigenvalue weighted by Gasteiger charge is -2.21. The normalized spacial score (nSPS) is 14.7. The third-order valence-electron chi connectivity index (χ3n) is 4.17. The molecule has 0 spiro atoms. The predicted octanol–water partition coefficient (Wildman–Crippen LogP) is 3.13. The summed E-state index contributed by atoms with van der Waals surface area (Å²) in [5.41, 5.74) is 1.17. The molecule has 3 N–H and O–H groups in total. The maximum absolute atomic E-state index is 12.2. The van der Waals surface area contributed by atoms with Crippen molar-refractivity contribution in [2.45, 2.75) is 25.8 Å². The summed E-state index contributed by atoms with van der Waals surface area (Å²) in [6.45, 7) is 3.12. The minimum absolute atomic E-state index is 0.137. The highest BCUT2D eigenvalue weighted by Gasteiger charge is 2.22. The number of benzene rings is 1. The van der Waals surface area contributed by atoms with Gasteiger partial charge in [-0.2, -0.15) is 0 Å². The van der Waals surface area contributed by atoms with Crippen LogP contribution in [-0.4, -0.2) is 41.9 Å². The Bertz CT molecular complexity index is 822. The van der Waals surface area contributed by atoms with E-state index >= 15 is 0 Å². The predicted molar refractivity (Wildman–Crippen MR) is 106 cm³/mol. The molecular weight excluding hydrogens is 364 g/mol. The number of nitrogens with one attached hydrogen (secondary N) is 3. The third kappa shape index (κ3) is 5.30. The van der Waals surface area contributed by atoms with Crippen LogP contribution in [0, 0.1) is 0 Å². The van der Waals surface area contributed by atoms with Gasteiger partial charge in [-0.15, -0.1) is 11.3 Å². The average Bonchev–Trinajstić information content (AvgIpc) is 3.27. The van der Waals surface area contributed by atoms with Crippen LogP contribution in [0.1, 0.15) is 29.4 Å². The number of hydrogen-bond acceptors (Lipinski definition) is 4. The van der Waals surface area contributed by atoms with E-state index in [2.05, 4.69) is 16.0 Å². The van der Waals surface area contributed by atoms with Gasteiger partial charge in [0.2, 0.25) is 5.91 Å². The zero-order chi connectivity index (χ0) is 19.2. The van der Waals surface area contributed by atoms with Crippen LogP contribution in [0.3, 0.4) is 0 Å². The van der Waals surface area contributed by atoms with Gasteiger partial charge >= 0.3 is 6.03 Å². The number of likely N-dealkylation sites (tertiary alicyclic amines) is 1. The number of carbonyl (C=O) groups is 3. The molecule has 2 aromatic rings. The van der Waals surface area contributed by atoms with Crippen LogP contribution in [0.4, 0.5) is 16.2 Å². The summed E-state index contributed by atoms with van der Waals surface area (Å²) >= 11 is 1.37. The summed E-state index contributed by atoms with van der Waals surface area (Å²) in [4.78, 5) is 38.4. The van der Waals surface area contributed by atoms with Crippen molar-refractivity contribution in [2.24, 2.45) is 0 Å². The summed E-state index contributed by atoms with van der Waals surface area (Å²) in [5, 5.41) is 10.2. The second-order valence-corrected chi connectivity index (χ2v) is 7.40. The smallest absolute Gasteiger partial charge is 0.319 e. The first-order valence-corrected chi connectivity index (χ1v) is 9.69. The number of anilines is 2. The quantitative estimate of drug-likeness (QED) is 0.712. The highest BCUT2D eigenvalue weighted by atomic mass is 32.1. The van der Waals surface area contributed by atoms with E-state index in [1.54, 1.807) is 35.2 Å². The molecule has 0 radical (unpaired) electrons. The van der Waals surface area contributed by atoms with E-state index in [9.17, 15) is 14.4 Å². The number of nitrogens with zero attached hydrogens (tertiary/aromatic N) is 1. The van der Waals surface area contributed by atoms with E-state index < -0.39 is 0 Å².